The number of likely N-dealkylation sites (tertiary alicyclic amines) is 1. The van der Waals surface area contributed by atoms with E-state index in [0.717, 1.165) is 5.92 Å². The summed E-state index contributed by atoms with van der Waals surface area (Å²) in [5.74, 6) is 7.78. The molecule has 25 heavy (non-hydrogen) atoms. The van der Waals surface area contributed by atoms with Crippen molar-refractivity contribution in [3.05, 3.63) is 0 Å². The van der Waals surface area contributed by atoms with Crippen LogP contribution in [0.3, 0.4) is 0 Å². The molecule has 1 saturated heterocycles. The highest BCUT2D eigenvalue weighted by atomic mass is 15.2. The Kier molecular flexibility index (Phi) is 27.5. The molecule has 0 N–H and O–H groups in total. The second-order valence-electron chi connectivity index (χ2n) is 7.08. The molecule has 0 aromatic rings. The predicted molar refractivity (Wildman–Crippen MR) is 118 cm³/mol. The van der Waals surface area contributed by atoms with Crippen LogP contribution in [-0.4, -0.2) is 49.6 Å². The van der Waals surface area contributed by atoms with Crippen LogP contribution < -0.4 is 0 Å². The lowest BCUT2D eigenvalue weighted by molar-refractivity contribution is 0.175. The molecule has 0 aliphatic carbocycles. The lowest BCUT2D eigenvalue weighted by Crippen LogP contribution is -2.39. The molecule has 1 fully saturated rings. The summed E-state index contributed by atoms with van der Waals surface area (Å²) >= 11 is 0. The number of likely N-dealkylation sites (N-methyl/N-ethyl adjacent to an activating group) is 1. The van der Waals surface area contributed by atoms with Gasteiger partial charge in [0.15, 0.2) is 0 Å². The first-order valence-corrected chi connectivity index (χ1v) is 10.8. The van der Waals surface area contributed by atoms with E-state index in [1.54, 1.807) is 0 Å². The van der Waals surface area contributed by atoms with Crippen LogP contribution in [-0.2, 0) is 0 Å². The molecule has 0 spiro atoms. The van der Waals surface area contributed by atoms with Crippen LogP contribution in [0, 0.1) is 23.7 Å². The van der Waals surface area contributed by atoms with E-state index in [0.29, 0.717) is 5.92 Å². The van der Waals surface area contributed by atoms with Crippen LogP contribution in [0.1, 0.15) is 88.0 Å². The van der Waals surface area contributed by atoms with Crippen LogP contribution in [0.25, 0.3) is 0 Å². The third-order valence-corrected chi connectivity index (χ3v) is 3.41. The van der Waals surface area contributed by atoms with E-state index >= 15 is 0 Å². The first kappa shape index (κ1) is 29.3. The summed E-state index contributed by atoms with van der Waals surface area (Å²) in [4.78, 5) is 5.03. The van der Waals surface area contributed by atoms with Gasteiger partial charge in [0.2, 0.25) is 0 Å². The molecule has 2 nitrogen and oxygen atoms in total. The van der Waals surface area contributed by atoms with E-state index in [4.69, 9.17) is 0 Å². The summed E-state index contributed by atoms with van der Waals surface area (Å²) in [5, 5.41) is 0. The lowest BCUT2D eigenvalue weighted by atomic mass is 9.97. The number of hydrogen-bond donors (Lipinski definition) is 0. The van der Waals surface area contributed by atoms with E-state index in [9.17, 15) is 0 Å². The molecule has 0 aromatic carbocycles. The molecule has 0 bridgehead atoms. The number of nitrogens with zero attached hydrogens (tertiary/aromatic N) is 2. The SMILES string of the molecule is CC.CC#CC1CCN(CCN(C)CC(C)C)CC1.CCC.CCC. The van der Waals surface area contributed by atoms with E-state index in [1.165, 1.54) is 58.4 Å². The first-order valence-electron chi connectivity index (χ1n) is 10.8. The maximum atomic E-state index is 3.31. The molecule has 0 atom stereocenters. The van der Waals surface area contributed by atoms with Gasteiger partial charge in [0.1, 0.15) is 0 Å². The average Bonchev–Trinajstić information content (AvgIpc) is 2.57. The second-order valence-corrected chi connectivity index (χ2v) is 7.08. The molecular weight excluding hydrogens is 304 g/mol. The fourth-order valence-corrected chi connectivity index (χ4v) is 2.53. The van der Waals surface area contributed by atoms with Gasteiger partial charge in [-0.05, 0) is 45.8 Å². The Morgan fingerprint density at radius 2 is 1.44 bits per heavy atom. The smallest absolute Gasteiger partial charge is 0.0227 e. The number of hydrogen-bond acceptors (Lipinski definition) is 2. The highest BCUT2D eigenvalue weighted by molar-refractivity contribution is 5.02. The summed E-state index contributed by atoms with van der Waals surface area (Å²) in [7, 11) is 2.23. The van der Waals surface area contributed by atoms with Crippen molar-refractivity contribution in [2.45, 2.75) is 88.0 Å². The summed E-state index contributed by atoms with van der Waals surface area (Å²) < 4.78 is 0. The van der Waals surface area contributed by atoms with Crippen molar-refractivity contribution in [1.82, 2.24) is 9.80 Å². The Labute approximate surface area is 161 Å². The van der Waals surface area contributed by atoms with Gasteiger partial charge in [-0.3, -0.25) is 0 Å². The first-order chi connectivity index (χ1) is 11.9. The van der Waals surface area contributed by atoms with Crippen molar-refractivity contribution in [1.29, 1.82) is 0 Å². The van der Waals surface area contributed by atoms with Gasteiger partial charge in [0.25, 0.3) is 0 Å². The summed E-state index contributed by atoms with van der Waals surface area (Å²) in [5.41, 5.74) is 0. The highest BCUT2D eigenvalue weighted by Gasteiger charge is 2.17. The van der Waals surface area contributed by atoms with E-state index in [2.05, 4.69) is 70.2 Å². The van der Waals surface area contributed by atoms with Gasteiger partial charge in [-0.15, -0.1) is 11.8 Å². The van der Waals surface area contributed by atoms with Crippen LogP contribution in [0.5, 0.6) is 0 Å². The standard InChI is InChI=1S/C15H28N2.2C3H8.C2H6/c1-5-6-15-7-9-17(10-8-15)12-11-16(4)13-14(2)3;2*1-3-2;1-2/h14-15H,7-13H2,1-4H3;2*3H2,1-2H3;1-2H3. The minimum atomic E-state index is 0.657. The monoisotopic (exact) mass is 354 g/mol. The molecule has 0 saturated carbocycles. The summed E-state index contributed by atoms with van der Waals surface area (Å²) in [6, 6.07) is 0. The van der Waals surface area contributed by atoms with Crippen LogP contribution in [0.4, 0.5) is 0 Å². The van der Waals surface area contributed by atoms with E-state index in [-0.39, 0.29) is 0 Å². The average molecular weight is 355 g/mol. The third kappa shape index (κ3) is 23.5. The minimum Gasteiger partial charge on any atom is -0.305 e. The molecule has 2 heteroatoms. The fraction of sp³-hybridized carbons (Fsp3) is 0.913. The van der Waals surface area contributed by atoms with Crippen molar-refractivity contribution in [3.8, 4) is 11.8 Å². The van der Waals surface area contributed by atoms with Crippen LogP contribution in [0.15, 0.2) is 0 Å². The van der Waals surface area contributed by atoms with Crippen molar-refractivity contribution in [2.24, 2.45) is 11.8 Å². The highest BCUT2D eigenvalue weighted by Crippen LogP contribution is 2.15. The minimum absolute atomic E-state index is 0.657. The molecular formula is C23H50N2. The lowest BCUT2D eigenvalue weighted by Gasteiger charge is -2.31. The Hall–Kier alpha value is -0.520. The Bertz CT molecular complexity index is 278. The van der Waals surface area contributed by atoms with Gasteiger partial charge in [-0.2, -0.15) is 0 Å². The molecule has 0 amide bonds. The van der Waals surface area contributed by atoms with Crippen molar-refractivity contribution >= 4 is 0 Å². The Balaban J connectivity index is -0.000000517. The topological polar surface area (TPSA) is 6.48 Å². The normalized spacial score (nSPS) is 14.2. The molecule has 1 aliphatic rings. The molecule has 1 rings (SSSR count). The maximum absolute atomic E-state index is 3.31. The molecule has 152 valence electrons. The van der Waals surface area contributed by atoms with Crippen LogP contribution in [0.2, 0.25) is 0 Å². The van der Waals surface area contributed by atoms with Gasteiger partial charge in [0.05, 0.1) is 0 Å². The Morgan fingerprint density at radius 3 is 1.80 bits per heavy atom. The molecule has 0 aromatic heterocycles. The zero-order chi connectivity index (χ0) is 20.1. The fourth-order valence-electron chi connectivity index (χ4n) is 2.53. The zero-order valence-electron chi connectivity index (χ0n) is 19.4. The number of piperidine rings is 1. The molecule has 1 aliphatic heterocycles. The van der Waals surface area contributed by atoms with Gasteiger partial charge < -0.3 is 9.80 Å². The molecule has 1 heterocycles. The van der Waals surface area contributed by atoms with Crippen molar-refractivity contribution < 1.29 is 0 Å². The van der Waals surface area contributed by atoms with Gasteiger partial charge >= 0.3 is 0 Å². The predicted octanol–water partition coefficient (Wildman–Crippen LogP) is 6.17. The number of rotatable bonds is 5. The molecule has 0 radical (unpaired) electrons. The zero-order valence-corrected chi connectivity index (χ0v) is 19.4. The quantitative estimate of drug-likeness (QED) is 0.545. The van der Waals surface area contributed by atoms with E-state index in [1.807, 2.05) is 20.8 Å². The van der Waals surface area contributed by atoms with Crippen LogP contribution >= 0.6 is 0 Å². The van der Waals surface area contributed by atoms with Gasteiger partial charge in [0, 0.05) is 25.6 Å². The maximum Gasteiger partial charge on any atom is 0.0227 e. The van der Waals surface area contributed by atoms with Crippen molar-refractivity contribution in [3.63, 3.8) is 0 Å². The van der Waals surface area contributed by atoms with Gasteiger partial charge in [-0.25, -0.2) is 0 Å². The Morgan fingerprint density at radius 1 is 1.00 bits per heavy atom. The second kappa shape index (κ2) is 23.5. The summed E-state index contributed by atoms with van der Waals surface area (Å²) in [6.07, 6.45) is 5.02. The third-order valence-electron chi connectivity index (χ3n) is 3.41. The van der Waals surface area contributed by atoms with Gasteiger partial charge in [-0.1, -0.05) is 68.2 Å². The van der Waals surface area contributed by atoms with E-state index < -0.39 is 0 Å². The summed E-state index contributed by atoms with van der Waals surface area (Å²) in [6.45, 7) is 25.1. The largest absolute Gasteiger partial charge is 0.305 e. The molecule has 0 unspecified atom stereocenters. The van der Waals surface area contributed by atoms with Crippen molar-refractivity contribution in [2.75, 3.05) is 39.8 Å².